The number of ether oxygens (including phenoxy) is 1. The third-order valence-electron chi connectivity index (χ3n) is 3.83. The lowest BCUT2D eigenvalue weighted by Crippen LogP contribution is -2.14. The first-order chi connectivity index (χ1) is 13.5. The van der Waals surface area contributed by atoms with Crippen LogP contribution in [0.2, 0.25) is 0 Å². The van der Waals surface area contributed by atoms with Crippen LogP contribution in [0.4, 0.5) is 5.69 Å². The fourth-order valence-corrected chi connectivity index (χ4v) is 3.29. The summed E-state index contributed by atoms with van der Waals surface area (Å²) < 4.78 is 12.8. The lowest BCUT2D eigenvalue weighted by Gasteiger charge is -2.08. The minimum atomic E-state index is -0.548. The number of carbonyl (C=O) groups excluding carboxylic acids is 1. The van der Waals surface area contributed by atoms with Crippen molar-refractivity contribution in [2.24, 2.45) is 0 Å². The van der Waals surface area contributed by atoms with Crippen LogP contribution in [0.3, 0.4) is 0 Å². The van der Waals surface area contributed by atoms with E-state index in [1.165, 1.54) is 13.2 Å². The molecule has 2 aromatic carbocycles. The number of methoxy groups -OCH3 is 1. The predicted molar refractivity (Wildman–Crippen MR) is 115 cm³/mol. The summed E-state index contributed by atoms with van der Waals surface area (Å²) in [6, 6.07) is 18.1. The number of para-hydroxylation sites is 2. The van der Waals surface area contributed by atoms with Crippen molar-refractivity contribution in [3.8, 4) is 23.1 Å². The summed E-state index contributed by atoms with van der Waals surface area (Å²) >= 11 is 6.92. The van der Waals surface area contributed by atoms with Gasteiger partial charge in [-0.25, -0.2) is 0 Å². The topological polar surface area (TPSA) is 75.3 Å². The number of nitrogens with one attached hydrogen (secondary N) is 1. The van der Waals surface area contributed by atoms with Crippen molar-refractivity contribution in [1.82, 2.24) is 0 Å². The normalized spacial score (nSPS) is 11.0. The van der Waals surface area contributed by atoms with Crippen LogP contribution in [0.5, 0.6) is 5.75 Å². The molecule has 0 saturated carbocycles. The van der Waals surface area contributed by atoms with Crippen LogP contribution < -0.4 is 10.1 Å². The standard InChI is InChI=1S/C21H14Br2N2O3/c1-27-20-5-3-2-4-18(20)25-21(26)13(12-24)10-15-7-9-19(28-15)16-11-14(22)6-8-17(16)23/h2-11H,1H3,(H,25,26)/b13-10+. The second-order valence-electron chi connectivity index (χ2n) is 5.65. The molecule has 0 fully saturated rings. The molecule has 0 aliphatic heterocycles. The van der Waals surface area contributed by atoms with Gasteiger partial charge in [0, 0.05) is 20.6 Å². The first-order valence-electron chi connectivity index (χ1n) is 8.13. The molecule has 7 heteroatoms. The Kier molecular flexibility index (Phi) is 6.34. The summed E-state index contributed by atoms with van der Waals surface area (Å²) in [5.41, 5.74) is 1.25. The maximum Gasteiger partial charge on any atom is 0.266 e. The van der Waals surface area contributed by atoms with Crippen molar-refractivity contribution in [3.63, 3.8) is 0 Å². The molecule has 0 spiro atoms. The zero-order chi connectivity index (χ0) is 20.1. The minimum Gasteiger partial charge on any atom is -0.495 e. The second-order valence-corrected chi connectivity index (χ2v) is 7.42. The average Bonchev–Trinajstić information content (AvgIpc) is 3.16. The number of anilines is 1. The molecule has 5 nitrogen and oxygen atoms in total. The molecule has 0 unspecified atom stereocenters. The van der Waals surface area contributed by atoms with Gasteiger partial charge >= 0.3 is 0 Å². The van der Waals surface area contributed by atoms with Crippen LogP contribution in [-0.2, 0) is 4.79 Å². The molecule has 1 heterocycles. The Hall–Kier alpha value is -2.82. The number of furan rings is 1. The summed E-state index contributed by atoms with van der Waals surface area (Å²) in [6.07, 6.45) is 1.40. The Balaban J connectivity index is 1.85. The van der Waals surface area contributed by atoms with Crippen LogP contribution in [0.15, 0.2) is 73.5 Å². The predicted octanol–water partition coefficient (Wildman–Crippen LogP) is 6.03. The summed E-state index contributed by atoms with van der Waals surface area (Å²) in [5, 5.41) is 12.1. The second kappa shape index (κ2) is 8.91. The SMILES string of the molecule is COc1ccccc1NC(=O)/C(C#N)=C/c1ccc(-c2cc(Br)ccc2Br)o1. The largest absolute Gasteiger partial charge is 0.495 e. The first-order valence-corrected chi connectivity index (χ1v) is 9.72. The number of nitriles is 1. The van der Waals surface area contributed by atoms with Crippen LogP contribution in [-0.4, -0.2) is 13.0 Å². The summed E-state index contributed by atoms with van der Waals surface area (Å²) in [7, 11) is 1.51. The molecule has 0 radical (unpaired) electrons. The van der Waals surface area contributed by atoms with Crippen LogP contribution in [0.25, 0.3) is 17.4 Å². The minimum absolute atomic E-state index is 0.0832. The Morgan fingerprint density at radius 2 is 1.96 bits per heavy atom. The molecule has 0 aliphatic rings. The van der Waals surface area contributed by atoms with E-state index in [4.69, 9.17) is 9.15 Å². The zero-order valence-corrected chi connectivity index (χ0v) is 17.9. The van der Waals surface area contributed by atoms with Crippen molar-refractivity contribution in [2.75, 3.05) is 12.4 Å². The van der Waals surface area contributed by atoms with E-state index in [9.17, 15) is 10.1 Å². The van der Waals surface area contributed by atoms with Crippen molar-refractivity contribution in [1.29, 1.82) is 5.26 Å². The van der Waals surface area contributed by atoms with Crippen LogP contribution in [0, 0.1) is 11.3 Å². The van der Waals surface area contributed by atoms with E-state index >= 15 is 0 Å². The fourth-order valence-electron chi connectivity index (χ4n) is 2.49. The quantitative estimate of drug-likeness (QED) is 0.342. The van der Waals surface area contributed by atoms with Crippen molar-refractivity contribution in [3.05, 3.63) is 74.9 Å². The molecule has 1 aromatic heterocycles. The molecule has 1 N–H and O–H groups in total. The Morgan fingerprint density at radius 3 is 2.71 bits per heavy atom. The highest BCUT2D eigenvalue weighted by molar-refractivity contribution is 9.11. The zero-order valence-electron chi connectivity index (χ0n) is 14.7. The lowest BCUT2D eigenvalue weighted by atomic mass is 10.2. The van der Waals surface area contributed by atoms with Gasteiger partial charge in [-0.3, -0.25) is 4.79 Å². The number of benzene rings is 2. The van der Waals surface area contributed by atoms with Gasteiger partial charge in [-0.1, -0.05) is 44.0 Å². The molecule has 3 aromatic rings. The third-order valence-corrected chi connectivity index (χ3v) is 5.01. The highest BCUT2D eigenvalue weighted by Crippen LogP contribution is 2.32. The molecular weight excluding hydrogens is 488 g/mol. The summed E-state index contributed by atoms with van der Waals surface area (Å²) in [6.45, 7) is 0. The van der Waals surface area contributed by atoms with E-state index in [0.29, 0.717) is 23.0 Å². The van der Waals surface area contributed by atoms with Crippen molar-refractivity contribution < 1.29 is 13.9 Å². The van der Waals surface area contributed by atoms with Gasteiger partial charge < -0.3 is 14.5 Å². The highest BCUT2D eigenvalue weighted by atomic mass is 79.9. The van der Waals surface area contributed by atoms with Gasteiger partial charge in [-0.2, -0.15) is 5.26 Å². The number of carbonyl (C=O) groups is 1. The smallest absolute Gasteiger partial charge is 0.266 e. The van der Waals surface area contributed by atoms with Gasteiger partial charge in [0.25, 0.3) is 5.91 Å². The molecule has 3 rings (SSSR count). The highest BCUT2D eigenvalue weighted by Gasteiger charge is 2.14. The van der Waals surface area contributed by atoms with E-state index in [1.54, 1.807) is 36.4 Å². The molecule has 0 atom stereocenters. The monoisotopic (exact) mass is 500 g/mol. The Labute approximate surface area is 178 Å². The fraction of sp³-hybridized carbons (Fsp3) is 0.0476. The van der Waals surface area contributed by atoms with Crippen molar-refractivity contribution in [2.45, 2.75) is 0 Å². The van der Waals surface area contributed by atoms with Gasteiger partial charge in [0.2, 0.25) is 0 Å². The number of hydrogen-bond acceptors (Lipinski definition) is 4. The number of rotatable bonds is 5. The Bertz CT molecular complexity index is 1100. The molecular formula is C21H14Br2N2O3. The van der Waals surface area contributed by atoms with Crippen molar-refractivity contribution >= 4 is 49.5 Å². The van der Waals surface area contributed by atoms with E-state index in [1.807, 2.05) is 24.3 Å². The molecule has 28 heavy (non-hydrogen) atoms. The maximum absolute atomic E-state index is 12.5. The molecule has 0 bridgehead atoms. The lowest BCUT2D eigenvalue weighted by molar-refractivity contribution is -0.112. The van der Waals surface area contributed by atoms with Gasteiger partial charge in [-0.15, -0.1) is 0 Å². The first kappa shape index (κ1) is 19.9. The maximum atomic E-state index is 12.5. The molecule has 0 saturated heterocycles. The summed E-state index contributed by atoms with van der Waals surface area (Å²) in [5.74, 6) is 0.969. The number of hydrogen-bond donors (Lipinski definition) is 1. The van der Waals surface area contributed by atoms with Crippen LogP contribution in [0.1, 0.15) is 5.76 Å². The molecule has 140 valence electrons. The van der Waals surface area contributed by atoms with E-state index in [0.717, 1.165) is 14.5 Å². The number of amides is 1. The van der Waals surface area contributed by atoms with E-state index < -0.39 is 5.91 Å². The number of nitrogens with zero attached hydrogens (tertiary/aromatic N) is 1. The van der Waals surface area contributed by atoms with Gasteiger partial charge in [0.05, 0.1) is 12.8 Å². The van der Waals surface area contributed by atoms with E-state index in [2.05, 4.69) is 37.2 Å². The van der Waals surface area contributed by atoms with E-state index in [-0.39, 0.29) is 5.57 Å². The number of halogens is 2. The third kappa shape index (κ3) is 4.53. The molecule has 1 amide bonds. The summed E-state index contributed by atoms with van der Waals surface area (Å²) in [4.78, 5) is 12.5. The van der Waals surface area contributed by atoms with Gasteiger partial charge in [0.15, 0.2) is 0 Å². The van der Waals surface area contributed by atoms with Gasteiger partial charge in [0.1, 0.15) is 28.9 Å². The average molecular weight is 502 g/mol. The van der Waals surface area contributed by atoms with Gasteiger partial charge in [-0.05, 0) is 42.5 Å². The Morgan fingerprint density at radius 1 is 1.18 bits per heavy atom. The van der Waals surface area contributed by atoms with Crippen LogP contribution >= 0.6 is 31.9 Å². The molecule has 0 aliphatic carbocycles.